The Morgan fingerprint density at radius 1 is 0.862 bits per heavy atom. The van der Waals surface area contributed by atoms with E-state index in [4.69, 9.17) is 4.74 Å². The lowest BCUT2D eigenvalue weighted by molar-refractivity contribution is -0.122. The van der Waals surface area contributed by atoms with Gasteiger partial charge < -0.3 is 4.74 Å². The minimum absolute atomic E-state index is 0.0849. The molecule has 1 aliphatic heterocycles. The van der Waals surface area contributed by atoms with Crippen LogP contribution in [0.25, 0.3) is 0 Å². The lowest BCUT2D eigenvalue weighted by Gasteiger charge is -2.18. The summed E-state index contributed by atoms with van der Waals surface area (Å²) in [6.07, 6.45) is 4.85. The molecular formula is C23H19NO5. The third-order valence-electron chi connectivity index (χ3n) is 5.30. The number of anilines is 1. The first kappa shape index (κ1) is 18.8. The van der Waals surface area contributed by atoms with Gasteiger partial charge in [0.05, 0.1) is 23.1 Å². The van der Waals surface area contributed by atoms with E-state index in [-0.39, 0.29) is 28.8 Å². The highest BCUT2D eigenvalue weighted by atomic mass is 16.5. The summed E-state index contributed by atoms with van der Waals surface area (Å²) in [5, 5.41) is 0. The van der Waals surface area contributed by atoms with Crippen LogP contribution in [-0.4, -0.2) is 30.2 Å². The van der Waals surface area contributed by atoms with Crippen molar-refractivity contribution in [3.05, 3.63) is 77.9 Å². The summed E-state index contributed by atoms with van der Waals surface area (Å²) in [7, 11) is 0. The average molecular weight is 389 g/mol. The number of nitrogens with zero attached hydrogens (tertiary/aromatic N) is 1. The molecule has 0 N–H and O–H groups in total. The molecule has 6 heteroatoms. The van der Waals surface area contributed by atoms with Gasteiger partial charge in [0.1, 0.15) is 0 Å². The lowest BCUT2D eigenvalue weighted by Crippen LogP contribution is -2.32. The first-order valence-electron chi connectivity index (χ1n) is 9.45. The number of allylic oxidation sites excluding steroid dienone is 2. The highest BCUT2D eigenvalue weighted by Gasteiger charge is 2.48. The van der Waals surface area contributed by atoms with Crippen molar-refractivity contribution in [3.8, 4) is 0 Å². The van der Waals surface area contributed by atoms with E-state index in [9.17, 15) is 19.2 Å². The normalized spacial score (nSPS) is 20.5. The molecule has 1 saturated heterocycles. The predicted molar refractivity (Wildman–Crippen MR) is 105 cm³/mol. The fourth-order valence-corrected chi connectivity index (χ4v) is 3.80. The number of amides is 2. The molecule has 2 aliphatic rings. The van der Waals surface area contributed by atoms with Gasteiger partial charge in [-0.15, -0.1) is 0 Å². The number of para-hydroxylation sites is 1. The van der Waals surface area contributed by atoms with E-state index in [0.29, 0.717) is 18.4 Å². The van der Waals surface area contributed by atoms with E-state index in [2.05, 4.69) is 0 Å². The van der Waals surface area contributed by atoms with Crippen molar-refractivity contribution < 1.29 is 23.9 Å². The van der Waals surface area contributed by atoms with Crippen molar-refractivity contribution in [1.82, 2.24) is 0 Å². The van der Waals surface area contributed by atoms with Crippen LogP contribution in [0.3, 0.4) is 0 Å². The quantitative estimate of drug-likeness (QED) is 0.340. The molecule has 1 aliphatic carbocycles. The molecule has 0 saturated carbocycles. The van der Waals surface area contributed by atoms with Gasteiger partial charge in [-0.05, 0) is 25.0 Å². The zero-order chi connectivity index (χ0) is 20.4. The fourth-order valence-electron chi connectivity index (χ4n) is 3.80. The molecule has 2 amide bonds. The first-order valence-corrected chi connectivity index (χ1v) is 9.45. The molecule has 0 bridgehead atoms. The van der Waals surface area contributed by atoms with Crippen LogP contribution in [0, 0.1) is 11.8 Å². The van der Waals surface area contributed by atoms with Crippen molar-refractivity contribution in [3.63, 3.8) is 0 Å². The lowest BCUT2D eigenvalue weighted by atomic mass is 9.85. The summed E-state index contributed by atoms with van der Waals surface area (Å²) in [4.78, 5) is 51.6. The number of imide groups is 1. The second-order valence-electron chi connectivity index (χ2n) is 7.05. The van der Waals surface area contributed by atoms with Gasteiger partial charge in [-0.1, -0.05) is 54.6 Å². The van der Waals surface area contributed by atoms with Gasteiger partial charge in [-0.3, -0.25) is 14.4 Å². The van der Waals surface area contributed by atoms with Crippen LogP contribution in [0.15, 0.2) is 66.7 Å². The molecular weight excluding hydrogens is 370 g/mol. The van der Waals surface area contributed by atoms with Crippen LogP contribution in [0.4, 0.5) is 5.69 Å². The van der Waals surface area contributed by atoms with E-state index in [1.807, 2.05) is 12.2 Å². The number of ether oxygens (including phenoxy) is 1. The molecule has 2 unspecified atom stereocenters. The maximum atomic E-state index is 12.8. The van der Waals surface area contributed by atoms with Crippen LogP contribution in [0.1, 0.15) is 33.6 Å². The number of hydrogen-bond acceptors (Lipinski definition) is 5. The minimum atomic E-state index is -0.751. The maximum Gasteiger partial charge on any atom is 0.340 e. The van der Waals surface area contributed by atoms with Gasteiger partial charge in [-0.2, -0.15) is 0 Å². The first-order chi connectivity index (χ1) is 14.1. The van der Waals surface area contributed by atoms with E-state index in [1.165, 1.54) is 6.07 Å². The zero-order valence-corrected chi connectivity index (χ0v) is 15.6. The van der Waals surface area contributed by atoms with Crippen LogP contribution in [-0.2, 0) is 14.3 Å². The van der Waals surface area contributed by atoms with Crippen LogP contribution in [0.2, 0.25) is 0 Å². The molecule has 146 valence electrons. The standard InChI is InChI=1S/C23H19NO5/c25-20(15-8-2-1-3-9-15)14-29-23(28)18-12-6-7-13-19(18)24-21(26)16-10-4-5-11-17(16)22(24)27/h1-9,12-13,16-17H,10-11,14H2. The second kappa shape index (κ2) is 7.83. The van der Waals surface area contributed by atoms with Crippen molar-refractivity contribution in [1.29, 1.82) is 0 Å². The molecule has 1 heterocycles. The highest BCUT2D eigenvalue weighted by Crippen LogP contribution is 2.38. The SMILES string of the molecule is O=C(COC(=O)c1ccccc1N1C(=O)C2CC=CCC2C1=O)c1ccccc1. The Labute approximate surface area is 167 Å². The summed E-state index contributed by atoms with van der Waals surface area (Å²) < 4.78 is 5.18. The number of ketones is 1. The van der Waals surface area contributed by atoms with Gasteiger partial charge in [0, 0.05) is 5.56 Å². The number of rotatable bonds is 5. The third-order valence-corrected chi connectivity index (χ3v) is 5.30. The molecule has 1 fully saturated rings. The molecule has 2 aromatic rings. The van der Waals surface area contributed by atoms with E-state index in [1.54, 1.807) is 48.5 Å². The number of benzene rings is 2. The zero-order valence-electron chi connectivity index (χ0n) is 15.6. The summed E-state index contributed by atoms with van der Waals surface area (Å²) in [6.45, 7) is -0.422. The molecule has 0 radical (unpaired) electrons. The van der Waals surface area contributed by atoms with Gasteiger partial charge in [0.15, 0.2) is 12.4 Å². The van der Waals surface area contributed by atoms with E-state index in [0.717, 1.165) is 4.90 Å². The number of esters is 1. The Morgan fingerprint density at radius 3 is 2.10 bits per heavy atom. The summed E-state index contributed by atoms with van der Waals surface area (Å²) >= 11 is 0. The fraction of sp³-hybridized carbons (Fsp3) is 0.217. The molecule has 0 spiro atoms. The number of hydrogen-bond donors (Lipinski definition) is 0. The number of carbonyl (C=O) groups is 4. The van der Waals surface area contributed by atoms with Gasteiger partial charge >= 0.3 is 5.97 Å². The van der Waals surface area contributed by atoms with E-state index >= 15 is 0 Å². The molecule has 2 aromatic carbocycles. The molecule has 0 aromatic heterocycles. The summed E-state index contributed by atoms with van der Waals surface area (Å²) in [5.41, 5.74) is 0.728. The van der Waals surface area contributed by atoms with Gasteiger partial charge in [-0.25, -0.2) is 9.69 Å². The van der Waals surface area contributed by atoms with Crippen molar-refractivity contribution >= 4 is 29.3 Å². The van der Waals surface area contributed by atoms with Crippen molar-refractivity contribution in [2.75, 3.05) is 11.5 Å². The molecule has 6 nitrogen and oxygen atoms in total. The van der Waals surface area contributed by atoms with Crippen LogP contribution >= 0.6 is 0 Å². The van der Waals surface area contributed by atoms with Crippen molar-refractivity contribution in [2.24, 2.45) is 11.8 Å². The molecule has 4 rings (SSSR count). The number of carbonyl (C=O) groups excluding carboxylic acids is 4. The van der Waals surface area contributed by atoms with Gasteiger partial charge in [0.2, 0.25) is 11.8 Å². The minimum Gasteiger partial charge on any atom is -0.454 e. The summed E-state index contributed by atoms with van der Waals surface area (Å²) in [5.74, 6) is -2.47. The van der Waals surface area contributed by atoms with Gasteiger partial charge in [0.25, 0.3) is 0 Å². The Hall–Kier alpha value is -3.54. The monoisotopic (exact) mass is 389 g/mol. The molecule has 29 heavy (non-hydrogen) atoms. The van der Waals surface area contributed by atoms with E-state index < -0.39 is 24.4 Å². The Bertz CT molecular complexity index is 985. The van der Waals surface area contributed by atoms with Crippen molar-refractivity contribution in [2.45, 2.75) is 12.8 Å². The second-order valence-corrected chi connectivity index (χ2v) is 7.05. The van der Waals surface area contributed by atoms with Crippen LogP contribution < -0.4 is 4.90 Å². The predicted octanol–water partition coefficient (Wildman–Crippen LogP) is 3.18. The Balaban J connectivity index is 1.54. The topological polar surface area (TPSA) is 80.8 Å². The smallest absolute Gasteiger partial charge is 0.340 e. The Morgan fingerprint density at radius 2 is 1.45 bits per heavy atom. The Kier molecular flexibility index (Phi) is 5.08. The third kappa shape index (κ3) is 3.49. The highest BCUT2D eigenvalue weighted by molar-refractivity contribution is 6.24. The summed E-state index contributed by atoms with van der Waals surface area (Å²) in [6, 6.07) is 14.8. The largest absolute Gasteiger partial charge is 0.454 e. The number of fused-ring (bicyclic) bond motifs is 1. The maximum absolute atomic E-state index is 12.8. The molecule has 2 atom stereocenters. The average Bonchev–Trinajstić information content (AvgIpc) is 3.02. The van der Waals surface area contributed by atoms with Crippen LogP contribution in [0.5, 0.6) is 0 Å². The number of Topliss-reactive ketones (excluding diaryl/α,β-unsaturated/α-hetero) is 1.